The van der Waals surface area contributed by atoms with Gasteiger partial charge in [0.2, 0.25) is 5.69 Å². The van der Waals surface area contributed by atoms with Crippen molar-refractivity contribution >= 4 is 5.69 Å². The van der Waals surface area contributed by atoms with E-state index < -0.39 is 40.3 Å². The lowest BCUT2D eigenvalue weighted by atomic mass is 10.2. The minimum atomic E-state index is -5.44. The molecule has 112 valence electrons. The number of ether oxygens (including phenoxy) is 2. The van der Waals surface area contributed by atoms with Gasteiger partial charge in [-0.1, -0.05) is 0 Å². The molecular weight excluding hydrogens is 302 g/mol. The largest absolute Gasteiger partial charge is 0.573 e. The number of rotatable bonds is 3. The highest BCUT2D eigenvalue weighted by Crippen LogP contribution is 2.46. The lowest BCUT2D eigenvalue weighted by Gasteiger charge is -2.14. The molecule has 0 aliphatic rings. The number of alkyl halides is 6. The van der Waals surface area contributed by atoms with Gasteiger partial charge in [0.1, 0.15) is 0 Å². The van der Waals surface area contributed by atoms with Gasteiger partial charge in [-0.2, -0.15) is 13.2 Å². The maximum Gasteiger partial charge on any atom is 0.573 e. The topological polar surface area (TPSA) is 74.5 Å². The van der Waals surface area contributed by atoms with Crippen LogP contribution in [0, 0.1) is 10.1 Å². The zero-order valence-electron chi connectivity index (χ0n) is 9.37. The number of methoxy groups -OCH3 is 1. The first kappa shape index (κ1) is 15.8. The van der Waals surface area contributed by atoms with Crippen molar-refractivity contribution in [2.75, 3.05) is 7.11 Å². The van der Waals surface area contributed by atoms with Gasteiger partial charge in [-0.15, -0.1) is 13.2 Å². The Morgan fingerprint density at radius 3 is 2.15 bits per heavy atom. The second-order valence-corrected chi connectivity index (χ2v) is 3.16. The zero-order chi connectivity index (χ0) is 15.7. The summed E-state index contributed by atoms with van der Waals surface area (Å²) in [7, 11) is 0.789. The molecule has 0 amide bonds. The molecule has 0 saturated carbocycles. The molecule has 0 fully saturated rings. The van der Waals surface area contributed by atoms with Gasteiger partial charge in [-0.3, -0.25) is 10.1 Å². The molecule has 0 saturated heterocycles. The number of halogens is 6. The van der Waals surface area contributed by atoms with E-state index in [2.05, 4.69) is 14.5 Å². The van der Waals surface area contributed by atoms with Gasteiger partial charge in [0, 0.05) is 0 Å². The van der Waals surface area contributed by atoms with Gasteiger partial charge in [0.15, 0.2) is 5.75 Å². The molecule has 0 N–H and O–H groups in total. The number of nitro groups is 1. The molecule has 12 heteroatoms. The summed E-state index contributed by atoms with van der Waals surface area (Å²) in [5.41, 5.74) is -4.10. The van der Waals surface area contributed by atoms with Crippen molar-refractivity contribution in [2.45, 2.75) is 12.5 Å². The van der Waals surface area contributed by atoms with Crippen LogP contribution in [0.15, 0.2) is 6.20 Å². The molecule has 20 heavy (non-hydrogen) atoms. The van der Waals surface area contributed by atoms with E-state index in [1.165, 1.54) is 0 Å². The molecular formula is C8H4F6N2O4. The summed E-state index contributed by atoms with van der Waals surface area (Å²) >= 11 is 0. The van der Waals surface area contributed by atoms with Crippen LogP contribution in [0.1, 0.15) is 5.69 Å². The first-order valence-electron chi connectivity index (χ1n) is 4.51. The molecule has 0 spiro atoms. The third-order valence-electron chi connectivity index (χ3n) is 1.86. The lowest BCUT2D eigenvalue weighted by molar-refractivity contribution is -0.392. The highest BCUT2D eigenvalue weighted by atomic mass is 19.4. The predicted molar refractivity (Wildman–Crippen MR) is 49.1 cm³/mol. The summed E-state index contributed by atoms with van der Waals surface area (Å²) in [5, 5.41) is 10.6. The minimum absolute atomic E-state index is 0.247. The Morgan fingerprint density at radius 2 is 1.80 bits per heavy atom. The Balaban J connectivity index is 3.62. The van der Waals surface area contributed by atoms with Crippen LogP contribution >= 0.6 is 0 Å². The number of hydrogen-bond donors (Lipinski definition) is 0. The smallest absolute Gasteiger partial charge is 0.491 e. The summed E-state index contributed by atoms with van der Waals surface area (Å²) in [4.78, 5) is 11.6. The second-order valence-electron chi connectivity index (χ2n) is 3.16. The maximum absolute atomic E-state index is 12.5. The minimum Gasteiger partial charge on any atom is -0.491 e. The summed E-state index contributed by atoms with van der Waals surface area (Å²) in [6, 6.07) is 0. The fraction of sp³-hybridized carbons (Fsp3) is 0.375. The van der Waals surface area contributed by atoms with Gasteiger partial charge >= 0.3 is 18.2 Å². The third kappa shape index (κ3) is 3.39. The SMILES string of the molecule is COc1cnc(C(F)(F)F)c([N+](=O)[O-])c1OC(F)(F)F. The van der Waals surface area contributed by atoms with Crippen LogP contribution in [0.25, 0.3) is 0 Å². The average Bonchev–Trinajstić information content (AvgIpc) is 2.24. The van der Waals surface area contributed by atoms with E-state index in [1.807, 2.05) is 0 Å². The Bertz CT molecular complexity index is 527. The molecule has 0 aliphatic carbocycles. The average molecular weight is 306 g/mol. The van der Waals surface area contributed by atoms with Crippen molar-refractivity contribution in [3.63, 3.8) is 0 Å². The van der Waals surface area contributed by atoms with E-state index >= 15 is 0 Å². The molecule has 0 aliphatic heterocycles. The van der Waals surface area contributed by atoms with Crippen LogP contribution < -0.4 is 9.47 Å². The Hall–Kier alpha value is -2.27. The van der Waals surface area contributed by atoms with Crippen LogP contribution in [0.4, 0.5) is 32.0 Å². The Kier molecular flexibility index (Phi) is 3.96. The summed E-state index contributed by atoms with van der Waals surface area (Å²) in [5.74, 6) is -2.67. The Labute approximate surface area is 106 Å². The molecule has 6 nitrogen and oxygen atoms in total. The molecule has 1 rings (SSSR count). The van der Waals surface area contributed by atoms with Gasteiger partial charge in [-0.25, -0.2) is 4.98 Å². The number of nitrogens with zero attached hydrogens (tertiary/aromatic N) is 2. The van der Waals surface area contributed by atoms with E-state index in [9.17, 15) is 36.5 Å². The standard InChI is InChI=1S/C8H4F6N2O4/c1-19-3-2-15-6(7(9,10)11)4(16(17)18)5(3)20-8(12,13)14/h2H,1H3. The van der Waals surface area contributed by atoms with Crippen molar-refractivity contribution < 1.29 is 40.7 Å². The maximum atomic E-state index is 12.5. The number of aromatic nitrogens is 1. The quantitative estimate of drug-likeness (QED) is 0.487. The normalized spacial score (nSPS) is 12.2. The molecule has 1 aromatic heterocycles. The summed E-state index contributed by atoms with van der Waals surface area (Å²) < 4.78 is 81.5. The fourth-order valence-corrected chi connectivity index (χ4v) is 1.20. The van der Waals surface area contributed by atoms with E-state index in [0.29, 0.717) is 0 Å². The van der Waals surface area contributed by atoms with Gasteiger partial charge < -0.3 is 9.47 Å². The third-order valence-corrected chi connectivity index (χ3v) is 1.86. The predicted octanol–water partition coefficient (Wildman–Crippen LogP) is 2.92. The molecule has 0 unspecified atom stereocenters. The van der Waals surface area contributed by atoms with E-state index in [-0.39, 0.29) is 6.20 Å². The van der Waals surface area contributed by atoms with E-state index in [4.69, 9.17) is 0 Å². The highest BCUT2D eigenvalue weighted by molar-refractivity contribution is 5.58. The summed E-state index contributed by atoms with van der Waals surface area (Å²) in [6.45, 7) is 0. The van der Waals surface area contributed by atoms with Crippen molar-refractivity contribution in [1.29, 1.82) is 0 Å². The van der Waals surface area contributed by atoms with Crippen molar-refractivity contribution in [1.82, 2.24) is 4.98 Å². The van der Waals surface area contributed by atoms with Crippen LogP contribution in [-0.4, -0.2) is 23.4 Å². The zero-order valence-corrected chi connectivity index (χ0v) is 9.37. The van der Waals surface area contributed by atoms with Crippen molar-refractivity contribution in [2.24, 2.45) is 0 Å². The van der Waals surface area contributed by atoms with Gasteiger partial charge in [0.25, 0.3) is 5.75 Å². The van der Waals surface area contributed by atoms with Gasteiger partial charge in [0.05, 0.1) is 18.2 Å². The molecule has 0 atom stereocenters. The van der Waals surface area contributed by atoms with Crippen LogP contribution in [0.3, 0.4) is 0 Å². The molecule has 0 aromatic carbocycles. The van der Waals surface area contributed by atoms with Crippen LogP contribution in [0.5, 0.6) is 11.5 Å². The second kappa shape index (κ2) is 5.02. The van der Waals surface area contributed by atoms with Gasteiger partial charge in [-0.05, 0) is 0 Å². The Morgan fingerprint density at radius 1 is 1.25 bits per heavy atom. The molecule has 1 aromatic rings. The number of hydrogen-bond acceptors (Lipinski definition) is 5. The number of pyridine rings is 1. The van der Waals surface area contributed by atoms with Crippen molar-refractivity contribution in [3.05, 3.63) is 22.0 Å². The van der Waals surface area contributed by atoms with E-state index in [0.717, 1.165) is 7.11 Å². The van der Waals surface area contributed by atoms with Crippen LogP contribution in [0.2, 0.25) is 0 Å². The van der Waals surface area contributed by atoms with E-state index in [1.54, 1.807) is 0 Å². The van der Waals surface area contributed by atoms with Crippen molar-refractivity contribution in [3.8, 4) is 11.5 Å². The first-order valence-corrected chi connectivity index (χ1v) is 4.51. The monoisotopic (exact) mass is 306 g/mol. The summed E-state index contributed by atoms with van der Waals surface area (Å²) in [6.07, 6.45) is -10.5. The highest BCUT2D eigenvalue weighted by Gasteiger charge is 2.46. The molecule has 1 heterocycles. The van der Waals surface area contributed by atoms with Crippen LogP contribution in [-0.2, 0) is 6.18 Å². The molecule has 0 bridgehead atoms. The fourth-order valence-electron chi connectivity index (χ4n) is 1.20. The molecule has 0 radical (unpaired) electrons. The lowest BCUT2D eigenvalue weighted by Crippen LogP contribution is -2.20. The first-order chi connectivity index (χ1) is 8.97.